The number of anilines is 1. The lowest BCUT2D eigenvalue weighted by Gasteiger charge is -2.25. The van der Waals surface area contributed by atoms with E-state index in [-0.39, 0.29) is 5.91 Å². The molecule has 0 aliphatic carbocycles. The van der Waals surface area contributed by atoms with Crippen LogP contribution < -0.4 is 4.90 Å². The summed E-state index contributed by atoms with van der Waals surface area (Å²) in [4.78, 5) is 13.3. The number of ether oxygens (including phenoxy) is 2. The molecule has 2 heterocycles. The molecule has 88 valence electrons. The SMILES string of the molecule is C=C1N(C(C)=O)c2ccccc2C12OCCO2. The Morgan fingerprint density at radius 2 is 2.00 bits per heavy atom. The minimum absolute atomic E-state index is 0.0848. The summed E-state index contributed by atoms with van der Waals surface area (Å²) in [5.41, 5.74) is 2.20. The first-order valence-electron chi connectivity index (χ1n) is 5.54. The number of rotatable bonds is 0. The molecule has 4 heteroatoms. The van der Waals surface area contributed by atoms with Crippen molar-refractivity contribution in [1.82, 2.24) is 0 Å². The third-order valence-electron chi connectivity index (χ3n) is 3.16. The first-order chi connectivity index (χ1) is 8.17. The van der Waals surface area contributed by atoms with Crippen molar-refractivity contribution in [1.29, 1.82) is 0 Å². The molecule has 17 heavy (non-hydrogen) atoms. The van der Waals surface area contributed by atoms with Gasteiger partial charge in [0.1, 0.15) is 0 Å². The van der Waals surface area contributed by atoms with Gasteiger partial charge in [0.15, 0.2) is 0 Å². The maximum atomic E-state index is 11.7. The van der Waals surface area contributed by atoms with Crippen LogP contribution in [0.1, 0.15) is 12.5 Å². The highest BCUT2D eigenvalue weighted by Gasteiger charge is 2.52. The summed E-state index contributed by atoms with van der Waals surface area (Å²) in [6.45, 7) is 6.50. The van der Waals surface area contributed by atoms with Crippen LogP contribution in [0, 0.1) is 0 Å². The summed E-state index contributed by atoms with van der Waals surface area (Å²) >= 11 is 0. The van der Waals surface area contributed by atoms with E-state index in [0.29, 0.717) is 18.9 Å². The quantitative estimate of drug-likeness (QED) is 0.683. The first kappa shape index (κ1) is 10.5. The summed E-state index contributed by atoms with van der Waals surface area (Å²) in [6.07, 6.45) is 0. The number of nitrogens with zero attached hydrogens (tertiary/aromatic N) is 1. The summed E-state index contributed by atoms with van der Waals surface area (Å²) in [6, 6.07) is 7.58. The van der Waals surface area contributed by atoms with E-state index in [1.54, 1.807) is 4.90 Å². The molecule has 0 radical (unpaired) electrons. The van der Waals surface area contributed by atoms with E-state index < -0.39 is 5.79 Å². The fourth-order valence-corrected chi connectivity index (χ4v) is 2.49. The minimum Gasteiger partial charge on any atom is -0.339 e. The molecule has 3 rings (SSSR count). The number of benzene rings is 1. The number of carbonyl (C=O) groups excluding carboxylic acids is 1. The molecule has 1 aromatic rings. The molecule has 1 spiro atoms. The molecule has 1 aromatic carbocycles. The predicted octanol–water partition coefficient (Wildman–Crippen LogP) is 1.77. The van der Waals surface area contributed by atoms with Crippen LogP contribution in [-0.2, 0) is 20.1 Å². The van der Waals surface area contributed by atoms with Gasteiger partial charge in [-0.15, -0.1) is 0 Å². The monoisotopic (exact) mass is 231 g/mol. The fraction of sp³-hybridized carbons (Fsp3) is 0.308. The van der Waals surface area contributed by atoms with Crippen LogP contribution in [0.4, 0.5) is 5.69 Å². The van der Waals surface area contributed by atoms with Gasteiger partial charge in [-0.25, -0.2) is 0 Å². The Morgan fingerprint density at radius 3 is 2.65 bits per heavy atom. The van der Waals surface area contributed by atoms with Crippen molar-refractivity contribution < 1.29 is 14.3 Å². The molecule has 1 amide bonds. The molecule has 0 atom stereocenters. The predicted molar refractivity (Wildman–Crippen MR) is 62.3 cm³/mol. The van der Waals surface area contributed by atoms with Crippen molar-refractivity contribution in [3.05, 3.63) is 42.1 Å². The van der Waals surface area contributed by atoms with Crippen LogP contribution >= 0.6 is 0 Å². The van der Waals surface area contributed by atoms with E-state index in [2.05, 4.69) is 6.58 Å². The highest BCUT2D eigenvalue weighted by molar-refractivity contribution is 5.98. The Hall–Kier alpha value is -1.65. The van der Waals surface area contributed by atoms with Gasteiger partial charge in [-0.1, -0.05) is 24.8 Å². The zero-order valence-corrected chi connectivity index (χ0v) is 9.60. The Kier molecular flexibility index (Phi) is 2.11. The summed E-state index contributed by atoms with van der Waals surface area (Å²) in [5.74, 6) is -1.04. The molecular formula is C13H13NO3. The van der Waals surface area contributed by atoms with E-state index in [9.17, 15) is 4.79 Å². The van der Waals surface area contributed by atoms with Crippen LogP contribution in [0.2, 0.25) is 0 Å². The van der Waals surface area contributed by atoms with Crippen LogP contribution in [0.15, 0.2) is 36.5 Å². The number of carbonyl (C=O) groups is 1. The molecule has 0 aromatic heterocycles. The van der Waals surface area contributed by atoms with E-state index in [0.717, 1.165) is 11.3 Å². The second-order valence-corrected chi connectivity index (χ2v) is 4.13. The number of amides is 1. The van der Waals surface area contributed by atoms with Crippen LogP contribution in [0.3, 0.4) is 0 Å². The van der Waals surface area contributed by atoms with Gasteiger partial charge in [-0.2, -0.15) is 0 Å². The largest absolute Gasteiger partial charge is 0.339 e. The maximum Gasteiger partial charge on any atom is 0.239 e. The lowest BCUT2D eigenvalue weighted by atomic mass is 10.1. The van der Waals surface area contributed by atoms with Crippen LogP contribution in [0.25, 0.3) is 0 Å². The van der Waals surface area contributed by atoms with Crippen molar-refractivity contribution in [2.75, 3.05) is 18.1 Å². The molecule has 4 nitrogen and oxygen atoms in total. The van der Waals surface area contributed by atoms with Crippen molar-refractivity contribution in [3.63, 3.8) is 0 Å². The van der Waals surface area contributed by atoms with E-state index >= 15 is 0 Å². The second-order valence-electron chi connectivity index (χ2n) is 4.13. The average Bonchev–Trinajstić information content (AvgIpc) is 2.87. The van der Waals surface area contributed by atoms with Crippen molar-refractivity contribution in [2.45, 2.75) is 12.7 Å². The molecule has 0 bridgehead atoms. The van der Waals surface area contributed by atoms with Crippen LogP contribution in [-0.4, -0.2) is 19.1 Å². The third kappa shape index (κ3) is 1.22. The lowest BCUT2D eigenvalue weighted by Crippen LogP contribution is -2.33. The molecule has 0 unspecified atom stereocenters. The molecule has 0 saturated carbocycles. The van der Waals surface area contributed by atoms with Gasteiger partial charge >= 0.3 is 0 Å². The lowest BCUT2D eigenvalue weighted by molar-refractivity contribution is -0.132. The molecule has 1 saturated heterocycles. The van der Waals surface area contributed by atoms with E-state index in [1.807, 2.05) is 24.3 Å². The topological polar surface area (TPSA) is 38.8 Å². The number of hydrogen-bond donors (Lipinski definition) is 0. The van der Waals surface area contributed by atoms with Crippen molar-refractivity contribution in [2.24, 2.45) is 0 Å². The Balaban J connectivity index is 2.22. The average molecular weight is 231 g/mol. The number of para-hydroxylation sites is 1. The minimum atomic E-state index is -0.956. The van der Waals surface area contributed by atoms with Gasteiger partial charge in [-0.05, 0) is 6.07 Å². The standard InChI is InChI=1S/C13H13NO3/c1-9-13(16-7-8-17-13)11-5-3-4-6-12(11)14(9)10(2)15/h3-6H,1,7-8H2,2H3. The Bertz CT molecular complexity index is 503. The molecule has 2 aliphatic heterocycles. The van der Waals surface area contributed by atoms with E-state index in [1.165, 1.54) is 6.92 Å². The van der Waals surface area contributed by atoms with Gasteiger partial charge in [0.2, 0.25) is 11.7 Å². The smallest absolute Gasteiger partial charge is 0.239 e. The van der Waals surface area contributed by atoms with Gasteiger partial charge in [0.25, 0.3) is 0 Å². The molecular weight excluding hydrogens is 218 g/mol. The van der Waals surface area contributed by atoms with Gasteiger partial charge in [0, 0.05) is 12.5 Å². The third-order valence-corrected chi connectivity index (χ3v) is 3.16. The first-order valence-corrected chi connectivity index (χ1v) is 5.54. The normalized spacial score (nSPS) is 21.0. The highest BCUT2D eigenvalue weighted by Crippen LogP contribution is 2.50. The Labute approximate surface area is 99.4 Å². The van der Waals surface area contributed by atoms with Crippen LogP contribution in [0.5, 0.6) is 0 Å². The van der Waals surface area contributed by atoms with Gasteiger partial charge < -0.3 is 9.47 Å². The van der Waals surface area contributed by atoms with Crippen molar-refractivity contribution in [3.8, 4) is 0 Å². The number of hydrogen-bond acceptors (Lipinski definition) is 3. The summed E-state index contributed by atoms with van der Waals surface area (Å²) in [5, 5.41) is 0. The molecule has 2 aliphatic rings. The zero-order chi connectivity index (χ0) is 12.0. The fourth-order valence-electron chi connectivity index (χ4n) is 2.49. The second kappa shape index (κ2) is 3.42. The molecule has 0 N–H and O–H groups in total. The van der Waals surface area contributed by atoms with Gasteiger partial charge in [-0.3, -0.25) is 9.69 Å². The summed E-state index contributed by atoms with van der Waals surface area (Å²) in [7, 11) is 0. The highest BCUT2D eigenvalue weighted by atomic mass is 16.7. The zero-order valence-electron chi connectivity index (χ0n) is 9.60. The number of fused-ring (bicyclic) bond motifs is 2. The summed E-state index contributed by atoms with van der Waals surface area (Å²) < 4.78 is 11.4. The van der Waals surface area contributed by atoms with Gasteiger partial charge in [0.05, 0.1) is 24.6 Å². The maximum absolute atomic E-state index is 11.7. The Morgan fingerprint density at radius 1 is 1.35 bits per heavy atom. The van der Waals surface area contributed by atoms with Crippen molar-refractivity contribution >= 4 is 11.6 Å². The molecule has 1 fully saturated rings. The van der Waals surface area contributed by atoms with E-state index in [4.69, 9.17) is 9.47 Å².